The third-order valence-corrected chi connectivity index (χ3v) is 5.14. The van der Waals surface area contributed by atoms with Gasteiger partial charge in [-0.3, -0.25) is 0 Å². The summed E-state index contributed by atoms with van der Waals surface area (Å²) in [7, 11) is -3.70. The summed E-state index contributed by atoms with van der Waals surface area (Å²) in [6.45, 7) is 1.89. The second-order valence-corrected chi connectivity index (χ2v) is 6.17. The minimum Gasteiger partial charge on any atom is -0.207 e. The third-order valence-electron chi connectivity index (χ3n) is 3.08. The lowest BCUT2D eigenvalue weighted by Gasteiger charge is -2.20. The fourth-order valence-corrected chi connectivity index (χ4v) is 4.00. The Kier molecular flexibility index (Phi) is 3.37. The molecule has 0 radical (unpaired) electrons. The summed E-state index contributed by atoms with van der Waals surface area (Å²) in [6, 6.07) is 4.95. The molecule has 0 aromatic heterocycles. The number of aryl methyl sites for hydroxylation is 1. The summed E-state index contributed by atoms with van der Waals surface area (Å²) in [6.07, 6.45) is 1.23. The maximum absolute atomic E-state index is 13.0. The predicted molar refractivity (Wildman–Crippen MR) is 63.7 cm³/mol. The average molecular weight is 268 g/mol. The van der Waals surface area contributed by atoms with Crippen LogP contribution in [0.15, 0.2) is 23.1 Å². The highest BCUT2D eigenvalue weighted by Crippen LogP contribution is 2.27. The van der Waals surface area contributed by atoms with E-state index < -0.39 is 21.9 Å². The molecule has 4 nitrogen and oxygen atoms in total. The average Bonchev–Trinajstić information content (AvgIpc) is 2.76. The molecule has 0 bridgehead atoms. The Hall–Kier alpha value is -1.45. The number of nitrogens with zero attached hydrogens (tertiary/aromatic N) is 2. The first-order valence-corrected chi connectivity index (χ1v) is 7.08. The van der Waals surface area contributed by atoms with E-state index in [0.717, 1.165) is 6.07 Å². The Morgan fingerprint density at radius 2 is 2.22 bits per heavy atom. The standard InChI is InChI=1S/C12H13FN2O2S/c1-9-7-10(13)4-5-12(9)18(16,17)15-6-2-3-11(15)8-14/h4-5,7,11H,2-3,6H2,1H3. The first kappa shape index (κ1) is 13.0. The Labute approximate surface area is 106 Å². The molecule has 6 heteroatoms. The van der Waals surface area contributed by atoms with Crippen LogP contribution in [0.5, 0.6) is 0 Å². The molecule has 1 atom stereocenters. The molecule has 1 fully saturated rings. The topological polar surface area (TPSA) is 61.2 Å². The number of halogens is 1. The van der Waals surface area contributed by atoms with Gasteiger partial charge in [-0.15, -0.1) is 0 Å². The number of benzene rings is 1. The number of hydrogen-bond donors (Lipinski definition) is 0. The van der Waals surface area contributed by atoms with Crippen molar-refractivity contribution in [1.82, 2.24) is 4.31 Å². The van der Waals surface area contributed by atoms with Gasteiger partial charge in [0.2, 0.25) is 10.0 Å². The molecule has 1 aliphatic heterocycles. The molecule has 0 aliphatic carbocycles. The zero-order valence-electron chi connectivity index (χ0n) is 9.93. The van der Waals surface area contributed by atoms with Gasteiger partial charge in [0.15, 0.2) is 0 Å². The first-order valence-electron chi connectivity index (χ1n) is 5.64. The van der Waals surface area contributed by atoms with Gasteiger partial charge in [0, 0.05) is 6.54 Å². The van der Waals surface area contributed by atoms with Gasteiger partial charge in [0.25, 0.3) is 0 Å². The summed E-state index contributed by atoms with van der Waals surface area (Å²) in [4.78, 5) is 0.0750. The van der Waals surface area contributed by atoms with Crippen molar-refractivity contribution < 1.29 is 12.8 Å². The van der Waals surface area contributed by atoms with Crippen LogP contribution in [0.1, 0.15) is 18.4 Å². The zero-order valence-corrected chi connectivity index (χ0v) is 10.7. The fraction of sp³-hybridized carbons (Fsp3) is 0.417. The summed E-state index contributed by atoms with van der Waals surface area (Å²) in [5, 5.41) is 8.94. The quantitative estimate of drug-likeness (QED) is 0.821. The van der Waals surface area contributed by atoms with Crippen molar-refractivity contribution >= 4 is 10.0 Å². The van der Waals surface area contributed by atoms with E-state index in [9.17, 15) is 12.8 Å². The number of sulfonamides is 1. The molecule has 1 aliphatic rings. The largest absolute Gasteiger partial charge is 0.244 e. The molecule has 1 aromatic rings. The van der Waals surface area contributed by atoms with Crippen LogP contribution in [0, 0.1) is 24.1 Å². The van der Waals surface area contributed by atoms with Gasteiger partial charge in [-0.2, -0.15) is 9.57 Å². The maximum atomic E-state index is 13.0. The highest BCUT2D eigenvalue weighted by Gasteiger charge is 2.36. The van der Waals surface area contributed by atoms with Crippen LogP contribution in [-0.4, -0.2) is 25.3 Å². The lowest BCUT2D eigenvalue weighted by Crippen LogP contribution is -2.35. The van der Waals surface area contributed by atoms with E-state index in [0.29, 0.717) is 24.9 Å². The van der Waals surface area contributed by atoms with Crippen LogP contribution >= 0.6 is 0 Å². The van der Waals surface area contributed by atoms with Crippen LogP contribution < -0.4 is 0 Å². The summed E-state index contributed by atoms with van der Waals surface area (Å²) in [5.41, 5.74) is 0.360. The van der Waals surface area contributed by atoms with Gasteiger partial charge in [0.05, 0.1) is 11.0 Å². The first-order chi connectivity index (χ1) is 8.46. The van der Waals surface area contributed by atoms with Crippen LogP contribution in [0.2, 0.25) is 0 Å². The SMILES string of the molecule is Cc1cc(F)ccc1S(=O)(=O)N1CCCC1C#N. The summed E-state index contributed by atoms with van der Waals surface area (Å²) >= 11 is 0. The molecular formula is C12H13FN2O2S. The lowest BCUT2D eigenvalue weighted by molar-refractivity contribution is 0.437. The van der Waals surface area contributed by atoms with Gasteiger partial charge < -0.3 is 0 Å². The molecule has 96 valence electrons. The van der Waals surface area contributed by atoms with Gasteiger partial charge in [-0.25, -0.2) is 12.8 Å². The molecule has 1 heterocycles. The third kappa shape index (κ3) is 2.11. The molecule has 0 saturated carbocycles. The summed E-state index contributed by atoms with van der Waals surface area (Å²) < 4.78 is 39.0. The van der Waals surface area contributed by atoms with E-state index in [1.807, 2.05) is 6.07 Å². The number of nitriles is 1. The van der Waals surface area contributed by atoms with E-state index in [-0.39, 0.29) is 4.90 Å². The van der Waals surface area contributed by atoms with E-state index in [1.54, 1.807) is 6.92 Å². The van der Waals surface area contributed by atoms with Crippen LogP contribution in [-0.2, 0) is 10.0 Å². The Morgan fingerprint density at radius 3 is 2.83 bits per heavy atom. The monoisotopic (exact) mass is 268 g/mol. The minimum atomic E-state index is -3.70. The van der Waals surface area contributed by atoms with Crippen molar-refractivity contribution in [1.29, 1.82) is 5.26 Å². The minimum absolute atomic E-state index is 0.0750. The molecule has 0 spiro atoms. The molecule has 0 N–H and O–H groups in total. The van der Waals surface area contributed by atoms with Gasteiger partial charge in [-0.05, 0) is 43.5 Å². The molecule has 0 amide bonds. The molecule has 1 unspecified atom stereocenters. The van der Waals surface area contributed by atoms with Crippen molar-refractivity contribution in [3.05, 3.63) is 29.6 Å². The summed E-state index contributed by atoms with van der Waals surface area (Å²) in [5.74, 6) is -0.468. The van der Waals surface area contributed by atoms with Gasteiger partial charge in [0.1, 0.15) is 11.9 Å². The highest BCUT2D eigenvalue weighted by molar-refractivity contribution is 7.89. The van der Waals surface area contributed by atoms with E-state index >= 15 is 0 Å². The van der Waals surface area contributed by atoms with Crippen LogP contribution in [0.3, 0.4) is 0 Å². The van der Waals surface area contributed by atoms with Gasteiger partial charge in [-0.1, -0.05) is 0 Å². The van der Waals surface area contributed by atoms with E-state index in [4.69, 9.17) is 5.26 Å². The normalized spacial score (nSPS) is 20.8. The molecule has 2 rings (SSSR count). The van der Waals surface area contributed by atoms with E-state index in [1.165, 1.54) is 16.4 Å². The Balaban J connectivity index is 2.46. The van der Waals surface area contributed by atoms with Crippen molar-refractivity contribution in [3.63, 3.8) is 0 Å². The molecule has 1 saturated heterocycles. The maximum Gasteiger partial charge on any atom is 0.244 e. The van der Waals surface area contributed by atoms with Crippen LogP contribution in [0.25, 0.3) is 0 Å². The second kappa shape index (κ2) is 4.67. The Morgan fingerprint density at radius 1 is 1.50 bits per heavy atom. The molecular weight excluding hydrogens is 255 g/mol. The fourth-order valence-electron chi connectivity index (χ4n) is 2.19. The Bertz CT molecular complexity index is 607. The zero-order chi connectivity index (χ0) is 13.3. The van der Waals surface area contributed by atoms with Crippen molar-refractivity contribution in [2.45, 2.75) is 30.7 Å². The second-order valence-electron chi connectivity index (χ2n) is 4.31. The van der Waals surface area contributed by atoms with Crippen molar-refractivity contribution in [3.8, 4) is 6.07 Å². The van der Waals surface area contributed by atoms with Gasteiger partial charge >= 0.3 is 0 Å². The lowest BCUT2D eigenvalue weighted by atomic mass is 10.2. The van der Waals surface area contributed by atoms with Crippen molar-refractivity contribution in [2.75, 3.05) is 6.54 Å². The van der Waals surface area contributed by atoms with E-state index in [2.05, 4.69) is 0 Å². The highest BCUT2D eigenvalue weighted by atomic mass is 32.2. The smallest absolute Gasteiger partial charge is 0.207 e. The van der Waals surface area contributed by atoms with Crippen molar-refractivity contribution in [2.24, 2.45) is 0 Å². The number of rotatable bonds is 2. The predicted octanol–water partition coefficient (Wildman–Crippen LogP) is 1.81. The number of hydrogen-bond acceptors (Lipinski definition) is 3. The van der Waals surface area contributed by atoms with Crippen LogP contribution in [0.4, 0.5) is 4.39 Å². The molecule has 18 heavy (non-hydrogen) atoms. The molecule has 1 aromatic carbocycles.